The van der Waals surface area contributed by atoms with Crippen LogP contribution in [-0.4, -0.2) is 41.4 Å². The Bertz CT molecular complexity index is 390. The van der Waals surface area contributed by atoms with Crippen LogP contribution in [0, 0.1) is 0 Å². The molecule has 104 valence electrons. The van der Waals surface area contributed by atoms with E-state index in [-0.39, 0.29) is 11.2 Å². The molecule has 1 aromatic rings. The van der Waals surface area contributed by atoms with E-state index in [1.807, 2.05) is 23.1 Å². The van der Waals surface area contributed by atoms with Gasteiger partial charge < -0.3 is 10.6 Å². The van der Waals surface area contributed by atoms with Crippen molar-refractivity contribution in [3.05, 3.63) is 35.9 Å². The first-order valence-corrected chi connectivity index (χ1v) is 8.00. The third kappa shape index (κ3) is 4.25. The summed E-state index contributed by atoms with van der Waals surface area (Å²) >= 11 is 1.79. The molecule has 1 unspecified atom stereocenters. The Morgan fingerprint density at radius 3 is 2.74 bits per heavy atom. The van der Waals surface area contributed by atoms with Gasteiger partial charge in [0.15, 0.2) is 0 Å². The minimum atomic E-state index is 0.169. The molecule has 0 bridgehead atoms. The SMILES string of the molecule is NCCN(CCc1ccccc1)C(=O)C1CCCS1. The summed E-state index contributed by atoms with van der Waals surface area (Å²) in [7, 11) is 0. The van der Waals surface area contributed by atoms with Crippen LogP contribution in [0.3, 0.4) is 0 Å². The highest BCUT2D eigenvalue weighted by Crippen LogP contribution is 2.27. The third-order valence-corrected chi connectivity index (χ3v) is 4.79. The van der Waals surface area contributed by atoms with Gasteiger partial charge in [0.1, 0.15) is 0 Å². The lowest BCUT2D eigenvalue weighted by atomic mass is 10.1. The second-order valence-electron chi connectivity index (χ2n) is 4.85. The summed E-state index contributed by atoms with van der Waals surface area (Å²) in [6, 6.07) is 10.3. The van der Waals surface area contributed by atoms with Gasteiger partial charge in [0.25, 0.3) is 0 Å². The Balaban J connectivity index is 1.90. The van der Waals surface area contributed by atoms with Gasteiger partial charge in [0.05, 0.1) is 5.25 Å². The molecule has 1 fully saturated rings. The molecule has 0 radical (unpaired) electrons. The molecule has 1 aliphatic rings. The van der Waals surface area contributed by atoms with Gasteiger partial charge >= 0.3 is 0 Å². The topological polar surface area (TPSA) is 46.3 Å². The minimum Gasteiger partial charge on any atom is -0.340 e. The Labute approximate surface area is 119 Å². The molecule has 1 heterocycles. The average molecular weight is 278 g/mol. The van der Waals surface area contributed by atoms with Gasteiger partial charge in [-0.05, 0) is 30.6 Å². The van der Waals surface area contributed by atoms with Crippen molar-refractivity contribution in [3.63, 3.8) is 0 Å². The molecule has 4 heteroatoms. The van der Waals surface area contributed by atoms with Gasteiger partial charge in [-0.3, -0.25) is 4.79 Å². The first-order chi connectivity index (χ1) is 9.31. The number of hydrogen-bond donors (Lipinski definition) is 1. The van der Waals surface area contributed by atoms with Crippen LogP contribution < -0.4 is 5.73 Å². The fraction of sp³-hybridized carbons (Fsp3) is 0.533. The first-order valence-electron chi connectivity index (χ1n) is 6.95. The quantitative estimate of drug-likeness (QED) is 0.864. The zero-order chi connectivity index (χ0) is 13.5. The second kappa shape index (κ2) is 7.56. The molecule has 0 aromatic heterocycles. The van der Waals surface area contributed by atoms with Gasteiger partial charge in [-0.2, -0.15) is 0 Å². The highest BCUT2D eigenvalue weighted by molar-refractivity contribution is 8.00. The van der Waals surface area contributed by atoms with Gasteiger partial charge in [0, 0.05) is 19.6 Å². The predicted molar refractivity (Wildman–Crippen MR) is 81.3 cm³/mol. The van der Waals surface area contributed by atoms with Gasteiger partial charge in [0.2, 0.25) is 5.91 Å². The van der Waals surface area contributed by atoms with E-state index < -0.39 is 0 Å². The molecule has 2 rings (SSSR count). The molecule has 1 aliphatic heterocycles. The summed E-state index contributed by atoms with van der Waals surface area (Å²) in [5, 5.41) is 0.169. The molecule has 0 spiro atoms. The highest BCUT2D eigenvalue weighted by atomic mass is 32.2. The smallest absolute Gasteiger partial charge is 0.235 e. The molecule has 0 saturated carbocycles. The second-order valence-corrected chi connectivity index (χ2v) is 6.16. The van der Waals surface area contributed by atoms with Crippen LogP contribution >= 0.6 is 11.8 Å². The normalized spacial score (nSPS) is 18.5. The van der Waals surface area contributed by atoms with Crippen LogP contribution in [0.1, 0.15) is 18.4 Å². The molecule has 2 N–H and O–H groups in total. The summed E-state index contributed by atoms with van der Waals surface area (Å²) in [5.41, 5.74) is 6.91. The van der Waals surface area contributed by atoms with E-state index in [2.05, 4.69) is 12.1 Å². The molecule has 19 heavy (non-hydrogen) atoms. The Kier molecular flexibility index (Phi) is 5.73. The Morgan fingerprint density at radius 1 is 1.32 bits per heavy atom. The number of amides is 1. The predicted octanol–water partition coefficient (Wildman–Crippen LogP) is 1.91. The highest BCUT2D eigenvalue weighted by Gasteiger charge is 2.27. The molecule has 3 nitrogen and oxygen atoms in total. The van der Waals surface area contributed by atoms with Crippen molar-refractivity contribution in [1.29, 1.82) is 0 Å². The minimum absolute atomic E-state index is 0.169. The van der Waals surface area contributed by atoms with Crippen LogP contribution in [0.2, 0.25) is 0 Å². The number of rotatable bonds is 6. The van der Waals surface area contributed by atoms with Crippen LogP contribution in [0.25, 0.3) is 0 Å². The van der Waals surface area contributed by atoms with Gasteiger partial charge in [-0.1, -0.05) is 30.3 Å². The molecule has 0 aliphatic carbocycles. The van der Waals surface area contributed by atoms with Crippen molar-refractivity contribution in [2.45, 2.75) is 24.5 Å². The monoisotopic (exact) mass is 278 g/mol. The average Bonchev–Trinajstić information content (AvgIpc) is 2.98. The number of nitrogens with two attached hydrogens (primary N) is 1. The van der Waals surface area contributed by atoms with E-state index >= 15 is 0 Å². The lowest BCUT2D eigenvalue weighted by Gasteiger charge is -2.24. The van der Waals surface area contributed by atoms with Crippen molar-refractivity contribution in [1.82, 2.24) is 4.90 Å². The van der Waals surface area contributed by atoms with Crippen LogP contribution in [-0.2, 0) is 11.2 Å². The van der Waals surface area contributed by atoms with Gasteiger partial charge in [-0.25, -0.2) is 0 Å². The van der Waals surface area contributed by atoms with E-state index in [9.17, 15) is 4.79 Å². The summed E-state index contributed by atoms with van der Waals surface area (Å²) in [4.78, 5) is 14.3. The van der Waals surface area contributed by atoms with E-state index in [1.54, 1.807) is 11.8 Å². The largest absolute Gasteiger partial charge is 0.340 e. The zero-order valence-electron chi connectivity index (χ0n) is 11.3. The van der Waals surface area contributed by atoms with Crippen molar-refractivity contribution < 1.29 is 4.79 Å². The Hall–Kier alpha value is -1.000. The number of benzene rings is 1. The molecular weight excluding hydrogens is 256 g/mol. The molecule has 1 amide bonds. The molecule has 1 aromatic carbocycles. The maximum Gasteiger partial charge on any atom is 0.235 e. The number of nitrogens with zero attached hydrogens (tertiary/aromatic N) is 1. The summed E-state index contributed by atoms with van der Waals surface area (Å²) in [6.45, 7) is 1.98. The van der Waals surface area contributed by atoms with E-state index in [4.69, 9.17) is 5.73 Å². The third-order valence-electron chi connectivity index (χ3n) is 3.43. The Morgan fingerprint density at radius 2 is 2.11 bits per heavy atom. The molecular formula is C15H22N2OS. The summed E-state index contributed by atoms with van der Waals surface area (Å²) < 4.78 is 0. The van der Waals surface area contributed by atoms with E-state index in [0.29, 0.717) is 13.1 Å². The summed E-state index contributed by atoms with van der Waals surface area (Å²) in [5.74, 6) is 1.40. The maximum atomic E-state index is 12.4. The van der Waals surface area contributed by atoms with Gasteiger partial charge in [-0.15, -0.1) is 11.8 Å². The fourth-order valence-corrected chi connectivity index (χ4v) is 3.62. The van der Waals surface area contributed by atoms with Crippen LogP contribution in [0.4, 0.5) is 0 Å². The van der Waals surface area contributed by atoms with Crippen LogP contribution in [0.15, 0.2) is 30.3 Å². The van der Waals surface area contributed by atoms with Crippen molar-refractivity contribution in [2.75, 3.05) is 25.4 Å². The fourth-order valence-electron chi connectivity index (χ4n) is 2.37. The molecule has 1 saturated heterocycles. The number of thioether (sulfide) groups is 1. The van der Waals surface area contributed by atoms with Crippen molar-refractivity contribution in [3.8, 4) is 0 Å². The first kappa shape index (κ1) is 14.4. The lowest BCUT2D eigenvalue weighted by molar-refractivity contribution is -0.130. The number of carbonyl (C=O) groups is 1. The summed E-state index contributed by atoms with van der Waals surface area (Å²) in [6.07, 6.45) is 3.09. The van der Waals surface area contributed by atoms with Crippen molar-refractivity contribution in [2.24, 2.45) is 5.73 Å². The zero-order valence-corrected chi connectivity index (χ0v) is 12.1. The van der Waals surface area contributed by atoms with E-state index in [1.165, 1.54) is 5.56 Å². The van der Waals surface area contributed by atoms with Crippen molar-refractivity contribution >= 4 is 17.7 Å². The van der Waals surface area contributed by atoms with E-state index in [0.717, 1.165) is 31.6 Å². The lowest BCUT2D eigenvalue weighted by Crippen LogP contribution is -2.41. The maximum absolute atomic E-state index is 12.4. The number of carbonyl (C=O) groups excluding carboxylic acids is 1. The van der Waals surface area contributed by atoms with Crippen LogP contribution in [0.5, 0.6) is 0 Å². The molecule has 1 atom stereocenters. The standard InChI is InChI=1S/C15H22N2OS/c16-9-11-17(15(18)14-7-4-12-19-14)10-8-13-5-2-1-3-6-13/h1-3,5-6,14H,4,7-12,16H2. The number of hydrogen-bond acceptors (Lipinski definition) is 3.